The number of nitrogens with zero attached hydrogens (tertiary/aromatic N) is 2. The highest BCUT2D eigenvalue weighted by Crippen LogP contribution is 2.25. The first-order chi connectivity index (χ1) is 14.0. The summed E-state index contributed by atoms with van der Waals surface area (Å²) in [4.78, 5) is 23.1. The molecule has 3 rings (SSSR count). The average molecular weight is 394 g/mol. The van der Waals surface area contributed by atoms with Crippen molar-refractivity contribution in [2.45, 2.75) is 6.54 Å². The number of fused-ring (bicyclic) bond motifs is 1. The Kier molecular flexibility index (Phi) is 6.12. The Bertz CT molecular complexity index is 1120. The molecule has 148 valence electrons. The van der Waals surface area contributed by atoms with E-state index >= 15 is 0 Å². The maximum Gasteiger partial charge on any atom is 0.371 e. The lowest BCUT2D eigenvalue weighted by Gasteiger charge is -2.02. The molecule has 0 aliphatic heterocycles. The molecule has 3 aromatic rings. The van der Waals surface area contributed by atoms with Crippen LogP contribution >= 0.6 is 0 Å². The Morgan fingerprint density at radius 3 is 2.72 bits per heavy atom. The molecule has 8 heteroatoms. The predicted molar refractivity (Wildman–Crippen MR) is 103 cm³/mol. The molecule has 2 heterocycles. The average Bonchev–Trinajstić information content (AvgIpc) is 3.32. The van der Waals surface area contributed by atoms with Gasteiger partial charge in [-0.3, -0.25) is 0 Å². The fraction of sp³-hybridized carbons (Fsp3) is 0.190. The normalized spacial score (nSPS) is 11.4. The third kappa shape index (κ3) is 4.54. The van der Waals surface area contributed by atoms with Gasteiger partial charge in [-0.1, -0.05) is 18.2 Å². The lowest BCUT2D eigenvalue weighted by atomic mass is 10.1. The minimum atomic E-state index is -1.14. The van der Waals surface area contributed by atoms with E-state index in [-0.39, 0.29) is 24.5 Å². The van der Waals surface area contributed by atoms with Crippen molar-refractivity contribution >= 4 is 28.9 Å². The van der Waals surface area contributed by atoms with Crippen molar-refractivity contribution in [2.24, 2.45) is 0 Å². The number of benzene rings is 1. The first kappa shape index (κ1) is 19.9. The van der Waals surface area contributed by atoms with Gasteiger partial charge in [0.05, 0.1) is 13.2 Å². The standard InChI is InChI=1S/C21H18N2O6/c1-27-8-9-28-21(26)14(11-22)10-15-12-23(18-5-3-2-4-17(15)18)13-16-6-7-19(29-16)20(24)25/h2-7,10,12H,8-9,13H2,1H3,(H,24,25)/b14-10+. The summed E-state index contributed by atoms with van der Waals surface area (Å²) in [5.41, 5.74) is 1.37. The highest BCUT2D eigenvalue weighted by Gasteiger charge is 2.15. The van der Waals surface area contributed by atoms with Crippen molar-refractivity contribution in [1.82, 2.24) is 4.57 Å². The summed E-state index contributed by atoms with van der Waals surface area (Å²) in [5, 5.41) is 19.2. The predicted octanol–water partition coefficient (Wildman–Crippen LogP) is 3.08. The molecule has 0 saturated heterocycles. The molecule has 0 radical (unpaired) electrons. The molecule has 2 aromatic heterocycles. The molecule has 0 unspecified atom stereocenters. The molecule has 29 heavy (non-hydrogen) atoms. The first-order valence-corrected chi connectivity index (χ1v) is 8.71. The smallest absolute Gasteiger partial charge is 0.371 e. The van der Waals surface area contributed by atoms with Gasteiger partial charge in [0.25, 0.3) is 0 Å². The lowest BCUT2D eigenvalue weighted by Crippen LogP contribution is -2.11. The van der Waals surface area contributed by atoms with E-state index in [0.717, 1.165) is 10.9 Å². The number of methoxy groups -OCH3 is 1. The van der Waals surface area contributed by atoms with Crippen molar-refractivity contribution in [3.8, 4) is 6.07 Å². The van der Waals surface area contributed by atoms with Crippen LogP contribution in [0.15, 0.2) is 52.6 Å². The molecular formula is C21H18N2O6. The van der Waals surface area contributed by atoms with Gasteiger partial charge >= 0.3 is 11.9 Å². The number of esters is 1. The van der Waals surface area contributed by atoms with Crippen molar-refractivity contribution in [1.29, 1.82) is 5.26 Å². The van der Waals surface area contributed by atoms with E-state index in [1.165, 1.54) is 19.3 Å². The highest BCUT2D eigenvalue weighted by atomic mass is 16.6. The Morgan fingerprint density at radius 1 is 1.24 bits per heavy atom. The second-order valence-electron chi connectivity index (χ2n) is 6.10. The molecule has 8 nitrogen and oxygen atoms in total. The molecule has 0 spiro atoms. The van der Waals surface area contributed by atoms with Gasteiger partial charge in [0, 0.05) is 29.8 Å². The summed E-state index contributed by atoms with van der Waals surface area (Å²) in [6.45, 7) is 0.591. The fourth-order valence-corrected chi connectivity index (χ4v) is 2.85. The lowest BCUT2D eigenvalue weighted by molar-refractivity contribution is -0.139. The van der Waals surface area contributed by atoms with Gasteiger partial charge in [-0.05, 0) is 24.3 Å². The Morgan fingerprint density at radius 2 is 2.03 bits per heavy atom. The van der Waals surface area contributed by atoms with Gasteiger partial charge in [-0.15, -0.1) is 0 Å². The number of aromatic nitrogens is 1. The number of carbonyl (C=O) groups is 2. The van der Waals surface area contributed by atoms with Crippen LogP contribution in [0.3, 0.4) is 0 Å². The summed E-state index contributed by atoms with van der Waals surface area (Å²) in [6.07, 6.45) is 3.24. The second-order valence-corrected chi connectivity index (χ2v) is 6.10. The maximum absolute atomic E-state index is 12.1. The molecule has 1 N–H and O–H groups in total. The fourth-order valence-electron chi connectivity index (χ4n) is 2.85. The largest absolute Gasteiger partial charge is 0.475 e. The molecule has 1 aromatic carbocycles. The SMILES string of the molecule is COCCOC(=O)/C(C#N)=C/c1cn(Cc2ccc(C(=O)O)o2)c2ccccc12. The van der Waals surface area contributed by atoms with E-state index in [1.807, 2.05) is 34.9 Å². The van der Waals surface area contributed by atoms with Gasteiger partial charge < -0.3 is 23.6 Å². The number of hydrogen-bond donors (Lipinski definition) is 1. The molecule has 0 bridgehead atoms. The van der Waals surface area contributed by atoms with Crippen molar-refractivity contribution < 1.29 is 28.6 Å². The van der Waals surface area contributed by atoms with Gasteiger partial charge in [-0.2, -0.15) is 5.26 Å². The van der Waals surface area contributed by atoms with E-state index in [1.54, 1.807) is 12.3 Å². The number of nitriles is 1. The van der Waals surface area contributed by atoms with E-state index in [2.05, 4.69) is 0 Å². The topological polar surface area (TPSA) is 115 Å². The van der Waals surface area contributed by atoms with Crippen LogP contribution in [0.4, 0.5) is 0 Å². The zero-order valence-corrected chi connectivity index (χ0v) is 15.6. The minimum Gasteiger partial charge on any atom is -0.475 e. The number of rotatable bonds is 8. The molecule has 0 saturated carbocycles. The molecule has 0 atom stereocenters. The summed E-state index contributed by atoms with van der Waals surface area (Å²) in [6, 6.07) is 12.3. The van der Waals surface area contributed by atoms with Crippen molar-refractivity contribution in [2.75, 3.05) is 20.3 Å². The summed E-state index contributed by atoms with van der Waals surface area (Å²) >= 11 is 0. The number of ether oxygens (including phenoxy) is 2. The third-order valence-corrected chi connectivity index (χ3v) is 4.18. The summed E-state index contributed by atoms with van der Waals surface area (Å²) < 4.78 is 17.0. The van der Waals surface area contributed by atoms with Gasteiger partial charge in [-0.25, -0.2) is 9.59 Å². The van der Waals surface area contributed by atoms with Gasteiger partial charge in [0.15, 0.2) is 0 Å². The van der Waals surface area contributed by atoms with E-state index in [9.17, 15) is 14.9 Å². The summed E-state index contributed by atoms with van der Waals surface area (Å²) in [5.74, 6) is -1.53. The second kappa shape index (κ2) is 8.91. The monoisotopic (exact) mass is 394 g/mol. The van der Waals surface area contributed by atoms with Crippen LogP contribution in [0.1, 0.15) is 21.9 Å². The number of carbonyl (C=O) groups excluding carboxylic acids is 1. The van der Waals surface area contributed by atoms with Crippen LogP contribution in [0.25, 0.3) is 17.0 Å². The minimum absolute atomic E-state index is 0.0561. The van der Waals surface area contributed by atoms with Gasteiger partial charge in [0.1, 0.15) is 24.0 Å². The van der Waals surface area contributed by atoms with Crippen LogP contribution in [0.2, 0.25) is 0 Å². The quantitative estimate of drug-likeness (QED) is 0.270. The van der Waals surface area contributed by atoms with E-state index in [4.69, 9.17) is 19.0 Å². The number of hydrogen-bond acceptors (Lipinski definition) is 6. The number of furan rings is 1. The number of para-hydroxylation sites is 1. The molecular weight excluding hydrogens is 376 g/mol. The van der Waals surface area contributed by atoms with Gasteiger partial charge in [0.2, 0.25) is 5.76 Å². The zero-order chi connectivity index (χ0) is 20.8. The van der Waals surface area contributed by atoms with Crippen LogP contribution in [0.5, 0.6) is 0 Å². The van der Waals surface area contributed by atoms with Crippen molar-refractivity contribution in [3.63, 3.8) is 0 Å². The molecule has 0 aliphatic rings. The van der Waals surface area contributed by atoms with Crippen LogP contribution in [-0.2, 0) is 20.8 Å². The third-order valence-electron chi connectivity index (χ3n) is 4.18. The number of carboxylic acid groups (broad SMARTS) is 1. The highest BCUT2D eigenvalue weighted by molar-refractivity contribution is 6.01. The molecule has 0 amide bonds. The zero-order valence-electron chi connectivity index (χ0n) is 15.6. The molecule has 0 fully saturated rings. The number of aromatic carboxylic acids is 1. The first-order valence-electron chi connectivity index (χ1n) is 8.71. The van der Waals surface area contributed by atoms with E-state index < -0.39 is 11.9 Å². The van der Waals surface area contributed by atoms with Crippen LogP contribution in [-0.4, -0.2) is 41.9 Å². The van der Waals surface area contributed by atoms with Crippen LogP contribution < -0.4 is 0 Å². The summed E-state index contributed by atoms with van der Waals surface area (Å²) in [7, 11) is 1.49. The molecule has 0 aliphatic carbocycles. The number of carboxylic acids is 1. The Hall–Kier alpha value is -3.83. The Balaban J connectivity index is 1.93. The van der Waals surface area contributed by atoms with Crippen molar-refractivity contribution in [3.05, 3.63) is 65.3 Å². The van der Waals surface area contributed by atoms with E-state index in [0.29, 0.717) is 17.9 Å². The van der Waals surface area contributed by atoms with Crippen LogP contribution in [0, 0.1) is 11.3 Å². The Labute approximate surface area is 166 Å². The maximum atomic E-state index is 12.1.